The SMILES string of the molecule is CCn1c(=O)c(C)nc2cc(C(=O)OCC(=O)N3CCN(c4cccc(Cl)c4)CC3)ccc21. The number of halogens is 1. The maximum atomic E-state index is 12.6. The van der Waals surface area contributed by atoms with Crippen LogP contribution in [0.15, 0.2) is 47.3 Å². The quantitative estimate of drug-likeness (QED) is 0.535. The van der Waals surface area contributed by atoms with Gasteiger partial charge >= 0.3 is 5.97 Å². The molecule has 33 heavy (non-hydrogen) atoms. The van der Waals surface area contributed by atoms with Crippen LogP contribution >= 0.6 is 11.6 Å². The number of piperazine rings is 1. The highest BCUT2D eigenvalue weighted by Gasteiger charge is 2.23. The number of nitrogens with zero attached hydrogens (tertiary/aromatic N) is 4. The molecule has 172 valence electrons. The number of carbonyl (C=O) groups is 2. The number of esters is 1. The fraction of sp³-hybridized carbons (Fsp3) is 0.333. The number of aryl methyl sites for hydroxylation is 2. The summed E-state index contributed by atoms with van der Waals surface area (Å²) in [5.74, 6) is -0.833. The number of aromatic nitrogens is 2. The molecule has 0 radical (unpaired) electrons. The molecule has 4 rings (SSSR count). The molecule has 0 atom stereocenters. The van der Waals surface area contributed by atoms with E-state index in [-0.39, 0.29) is 23.6 Å². The van der Waals surface area contributed by atoms with E-state index < -0.39 is 5.97 Å². The third-order valence-electron chi connectivity index (χ3n) is 5.79. The minimum absolute atomic E-state index is 0.151. The molecule has 2 aromatic carbocycles. The highest BCUT2D eigenvalue weighted by atomic mass is 35.5. The second-order valence-corrected chi connectivity index (χ2v) is 8.31. The maximum Gasteiger partial charge on any atom is 0.338 e. The molecule has 3 aromatic rings. The Hall–Kier alpha value is -3.39. The van der Waals surface area contributed by atoms with Crippen LogP contribution in [0.2, 0.25) is 5.02 Å². The molecule has 8 nitrogen and oxygen atoms in total. The lowest BCUT2D eigenvalue weighted by molar-refractivity contribution is -0.134. The van der Waals surface area contributed by atoms with Crippen molar-refractivity contribution in [3.05, 3.63) is 69.1 Å². The van der Waals surface area contributed by atoms with E-state index in [0.29, 0.717) is 54.5 Å². The molecule has 1 aliphatic heterocycles. The molecule has 0 unspecified atom stereocenters. The summed E-state index contributed by atoms with van der Waals surface area (Å²) in [7, 11) is 0. The van der Waals surface area contributed by atoms with Crippen molar-refractivity contribution in [2.75, 3.05) is 37.7 Å². The summed E-state index contributed by atoms with van der Waals surface area (Å²) in [4.78, 5) is 45.5. The summed E-state index contributed by atoms with van der Waals surface area (Å²) < 4.78 is 6.88. The van der Waals surface area contributed by atoms with E-state index in [1.807, 2.05) is 31.2 Å². The Balaban J connectivity index is 1.36. The Morgan fingerprint density at radius 2 is 1.85 bits per heavy atom. The van der Waals surface area contributed by atoms with Crippen molar-refractivity contribution < 1.29 is 14.3 Å². The Morgan fingerprint density at radius 3 is 2.55 bits per heavy atom. The zero-order chi connectivity index (χ0) is 23.5. The second kappa shape index (κ2) is 9.62. The topological polar surface area (TPSA) is 84.7 Å². The molecule has 1 amide bonds. The first-order chi connectivity index (χ1) is 15.9. The van der Waals surface area contributed by atoms with Crippen molar-refractivity contribution >= 4 is 40.2 Å². The molecule has 1 saturated heterocycles. The molecule has 0 bridgehead atoms. The molecule has 0 N–H and O–H groups in total. The average Bonchev–Trinajstić information content (AvgIpc) is 2.83. The number of fused-ring (bicyclic) bond motifs is 1. The van der Waals surface area contributed by atoms with Crippen LogP contribution in [-0.4, -0.2) is 59.1 Å². The fourth-order valence-corrected chi connectivity index (χ4v) is 4.19. The van der Waals surface area contributed by atoms with E-state index in [4.69, 9.17) is 16.3 Å². The van der Waals surface area contributed by atoms with Gasteiger partial charge in [0.2, 0.25) is 0 Å². The number of hydrogen-bond donors (Lipinski definition) is 0. The van der Waals surface area contributed by atoms with Crippen LogP contribution in [0.25, 0.3) is 11.0 Å². The van der Waals surface area contributed by atoms with Crippen molar-refractivity contribution in [1.82, 2.24) is 14.5 Å². The number of ether oxygens (including phenoxy) is 1. The molecule has 0 aliphatic carbocycles. The lowest BCUT2D eigenvalue weighted by atomic mass is 10.2. The van der Waals surface area contributed by atoms with Crippen LogP contribution in [0.4, 0.5) is 5.69 Å². The zero-order valence-corrected chi connectivity index (χ0v) is 19.3. The summed E-state index contributed by atoms with van der Waals surface area (Å²) in [6.45, 7) is 6.13. The summed E-state index contributed by atoms with van der Waals surface area (Å²) in [5.41, 5.74) is 2.71. The molecule has 0 saturated carbocycles. The first kappa shape index (κ1) is 22.8. The number of benzene rings is 2. The normalized spacial score (nSPS) is 13.9. The van der Waals surface area contributed by atoms with Crippen molar-refractivity contribution in [2.24, 2.45) is 0 Å². The Bertz CT molecular complexity index is 1270. The average molecular weight is 469 g/mol. The zero-order valence-electron chi connectivity index (χ0n) is 18.6. The summed E-state index contributed by atoms with van der Waals surface area (Å²) >= 11 is 6.07. The van der Waals surface area contributed by atoms with Crippen molar-refractivity contribution in [2.45, 2.75) is 20.4 Å². The van der Waals surface area contributed by atoms with E-state index in [9.17, 15) is 14.4 Å². The highest BCUT2D eigenvalue weighted by Crippen LogP contribution is 2.21. The first-order valence-electron chi connectivity index (χ1n) is 10.8. The van der Waals surface area contributed by atoms with Gasteiger partial charge in [0.05, 0.1) is 16.6 Å². The second-order valence-electron chi connectivity index (χ2n) is 7.87. The van der Waals surface area contributed by atoms with E-state index in [1.165, 1.54) is 0 Å². The molecule has 1 aliphatic rings. The van der Waals surface area contributed by atoms with E-state index in [0.717, 1.165) is 5.69 Å². The molecule has 2 heterocycles. The maximum absolute atomic E-state index is 12.6. The van der Waals surface area contributed by atoms with Gasteiger partial charge in [-0.1, -0.05) is 17.7 Å². The van der Waals surface area contributed by atoms with E-state index in [1.54, 1.807) is 34.6 Å². The minimum atomic E-state index is -0.600. The molecule has 0 spiro atoms. The minimum Gasteiger partial charge on any atom is -0.452 e. The van der Waals surface area contributed by atoms with Crippen molar-refractivity contribution in [1.29, 1.82) is 0 Å². The van der Waals surface area contributed by atoms with Crippen molar-refractivity contribution in [3.8, 4) is 0 Å². The largest absolute Gasteiger partial charge is 0.452 e. The molecule has 1 aromatic heterocycles. The fourth-order valence-electron chi connectivity index (χ4n) is 4.00. The lowest BCUT2D eigenvalue weighted by Crippen LogP contribution is -2.49. The summed E-state index contributed by atoms with van der Waals surface area (Å²) in [6.07, 6.45) is 0. The van der Waals surface area contributed by atoms with Crippen LogP contribution in [-0.2, 0) is 16.1 Å². The van der Waals surface area contributed by atoms with Gasteiger partial charge in [-0.3, -0.25) is 9.59 Å². The highest BCUT2D eigenvalue weighted by molar-refractivity contribution is 6.30. The molecular weight excluding hydrogens is 444 g/mol. The Labute approximate surface area is 196 Å². The van der Waals surface area contributed by atoms with E-state index in [2.05, 4.69) is 9.88 Å². The molecular formula is C24H25ClN4O4. The van der Waals surface area contributed by atoms with Gasteiger partial charge in [-0.25, -0.2) is 9.78 Å². The predicted molar refractivity (Wildman–Crippen MR) is 127 cm³/mol. The van der Waals surface area contributed by atoms with Gasteiger partial charge in [0.25, 0.3) is 11.5 Å². The van der Waals surface area contributed by atoms with Crippen LogP contribution in [0, 0.1) is 6.92 Å². The number of carbonyl (C=O) groups excluding carboxylic acids is 2. The summed E-state index contributed by atoms with van der Waals surface area (Å²) in [5, 5.41) is 0.676. The summed E-state index contributed by atoms with van der Waals surface area (Å²) in [6, 6.07) is 12.5. The number of hydrogen-bond acceptors (Lipinski definition) is 6. The van der Waals surface area contributed by atoms with Gasteiger partial charge < -0.3 is 19.1 Å². The Kier molecular flexibility index (Phi) is 6.65. The predicted octanol–water partition coefficient (Wildman–Crippen LogP) is 2.88. The Morgan fingerprint density at radius 1 is 1.09 bits per heavy atom. The number of rotatable bonds is 5. The third-order valence-corrected chi connectivity index (χ3v) is 6.03. The molecule has 1 fully saturated rings. The van der Waals surface area contributed by atoms with Gasteiger partial charge in [0, 0.05) is 43.4 Å². The monoisotopic (exact) mass is 468 g/mol. The van der Waals surface area contributed by atoms with Crippen LogP contribution in [0.5, 0.6) is 0 Å². The van der Waals surface area contributed by atoms with Gasteiger partial charge in [0.1, 0.15) is 5.69 Å². The van der Waals surface area contributed by atoms with Crippen LogP contribution in [0.3, 0.4) is 0 Å². The lowest BCUT2D eigenvalue weighted by Gasteiger charge is -2.36. The van der Waals surface area contributed by atoms with Crippen LogP contribution < -0.4 is 10.5 Å². The van der Waals surface area contributed by atoms with Gasteiger partial charge in [-0.15, -0.1) is 0 Å². The smallest absolute Gasteiger partial charge is 0.338 e. The number of amides is 1. The molecule has 9 heteroatoms. The van der Waals surface area contributed by atoms with Gasteiger partial charge in [-0.05, 0) is 50.2 Å². The van der Waals surface area contributed by atoms with Crippen LogP contribution in [0.1, 0.15) is 23.0 Å². The first-order valence-corrected chi connectivity index (χ1v) is 11.2. The standard InChI is InChI=1S/C24H25ClN4O4/c1-3-29-21-8-7-17(13-20(21)26-16(2)23(29)31)24(32)33-15-22(30)28-11-9-27(10-12-28)19-6-4-5-18(25)14-19/h4-8,13-14H,3,9-12,15H2,1-2H3. The van der Waals surface area contributed by atoms with E-state index >= 15 is 0 Å². The van der Waals surface area contributed by atoms with Gasteiger partial charge in [-0.2, -0.15) is 0 Å². The number of anilines is 1. The van der Waals surface area contributed by atoms with Crippen molar-refractivity contribution in [3.63, 3.8) is 0 Å². The van der Waals surface area contributed by atoms with Gasteiger partial charge in [0.15, 0.2) is 6.61 Å². The third kappa shape index (κ3) is 4.85.